The zero-order valence-corrected chi connectivity index (χ0v) is 8.11. The first kappa shape index (κ1) is 9.22. The summed E-state index contributed by atoms with van der Waals surface area (Å²) in [6, 6.07) is 4.13. The van der Waals surface area contributed by atoms with E-state index in [4.69, 9.17) is 5.84 Å². The third-order valence-electron chi connectivity index (χ3n) is 1.60. The lowest BCUT2D eigenvalue weighted by atomic mass is 10.3. The molecule has 0 aromatic carbocycles. The molecule has 0 spiro atoms. The normalized spacial score (nSPS) is 11.8. The number of nitrogens with one attached hydrogen (secondary N) is 1. The molecule has 12 heavy (non-hydrogen) atoms. The first-order chi connectivity index (χ1) is 5.81. The molecule has 1 rings (SSSR count). The summed E-state index contributed by atoms with van der Waals surface area (Å²) in [4.78, 5) is 6.46. The van der Waals surface area contributed by atoms with E-state index in [0.717, 1.165) is 17.1 Å². The molecule has 1 aromatic rings. The maximum absolute atomic E-state index is 5.29. The third-order valence-corrected chi connectivity index (χ3v) is 2.84. The number of amidine groups is 1. The van der Waals surface area contributed by atoms with E-state index in [1.54, 1.807) is 18.4 Å². The van der Waals surface area contributed by atoms with E-state index in [9.17, 15) is 0 Å². The zero-order valence-electron chi connectivity index (χ0n) is 7.29. The summed E-state index contributed by atoms with van der Waals surface area (Å²) in [5.74, 6) is 6.04. The van der Waals surface area contributed by atoms with Crippen LogP contribution < -0.4 is 11.3 Å². The predicted octanol–water partition coefficient (Wildman–Crippen LogP) is 1.15. The number of hydrogen-bond acceptors (Lipinski definition) is 3. The summed E-state index contributed by atoms with van der Waals surface area (Å²) >= 11 is 1.72. The van der Waals surface area contributed by atoms with Crippen LogP contribution in [0.2, 0.25) is 0 Å². The van der Waals surface area contributed by atoms with Crippen molar-refractivity contribution in [1.82, 2.24) is 5.43 Å². The van der Waals surface area contributed by atoms with Crippen LogP contribution in [0.1, 0.15) is 16.7 Å². The van der Waals surface area contributed by atoms with Crippen LogP contribution in [0, 0.1) is 0 Å². The second-order valence-corrected chi connectivity index (χ2v) is 3.50. The second-order valence-electron chi connectivity index (χ2n) is 2.34. The molecule has 0 amide bonds. The highest BCUT2D eigenvalue weighted by molar-refractivity contribution is 7.14. The van der Waals surface area contributed by atoms with Crippen LogP contribution in [0.5, 0.6) is 0 Å². The summed E-state index contributed by atoms with van der Waals surface area (Å²) in [6.45, 7) is 2.13. The average molecular weight is 183 g/mol. The molecule has 0 bridgehead atoms. The number of aryl methyl sites for hydroxylation is 1. The largest absolute Gasteiger partial charge is 0.308 e. The quantitative estimate of drug-likeness (QED) is 0.313. The molecule has 3 nitrogen and oxygen atoms in total. The van der Waals surface area contributed by atoms with E-state index in [-0.39, 0.29) is 0 Å². The van der Waals surface area contributed by atoms with Crippen LogP contribution >= 0.6 is 11.3 Å². The van der Waals surface area contributed by atoms with Crippen LogP contribution in [0.15, 0.2) is 17.1 Å². The number of hydrazine groups is 1. The van der Waals surface area contributed by atoms with Crippen LogP contribution in [0.25, 0.3) is 0 Å². The number of nitrogens with two attached hydrogens (primary N) is 1. The van der Waals surface area contributed by atoms with Crippen LogP contribution in [0.4, 0.5) is 0 Å². The Labute approximate surface area is 76.3 Å². The van der Waals surface area contributed by atoms with Gasteiger partial charge in [-0.3, -0.25) is 4.99 Å². The van der Waals surface area contributed by atoms with Crippen LogP contribution in [-0.2, 0) is 6.42 Å². The standard InChI is InChI=1S/C8H13N3S/c1-3-6-4-5-7(12-6)8(10-2)11-9/h4-5H,3,9H2,1-2H3,(H,10,11). The fourth-order valence-corrected chi connectivity index (χ4v) is 1.89. The monoisotopic (exact) mass is 183 g/mol. The van der Waals surface area contributed by atoms with Gasteiger partial charge in [-0.05, 0) is 18.6 Å². The van der Waals surface area contributed by atoms with E-state index in [1.807, 2.05) is 6.07 Å². The Bertz CT molecular complexity index is 278. The van der Waals surface area contributed by atoms with Crippen molar-refractivity contribution in [3.8, 4) is 0 Å². The molecular weight excluding hydrogens is 170 g/mol. The van der Waals surface area contributed by atoms with Crippen molar-refractivity contribution in [2.45, 2.75) is 13.3 Å². The SMILES string of the molecule is CCc1ccc(C(=NC)NN)s1. The molecule has 0 aliphatic rings. The maximum Gasteiger partial charge on any atom is 0.152 e. The van der Waals surface area contributed by atoms with Gasteiger partial charge in [0.15, 0.2) is 5.84 Å². The fourth-order valence-electron chi connectivity index (χ4n) is 0.941. The summed E-state index contributed by atoms with van der Waals surface area (Å²) < 4.78 is 0. The van der Waals surface area contributed by atoms with Crippen LogP contribution in [0.3, 0.4) is 0 Å². The highest BCUT2D eigenvalue weighted by atomic mass is 32.1. The predicted molar refractivity (Wildman–Crippen MR) is 53.5 cm³/mol. The molecule has 0 aliphatic carbocycles. The van der Waals surface area contributed by atoms with E-state index in [0.29, 0.717) is 0 Å². The second kappa shape index (κ2) is 4.23. The van der Waals surface area contributed by atoms with Crippen LogP contribution in [-0.4, -0.2) is 12.9 Å². The van der Waals surface area contributed by atoms with Gasteiger partial charge < -0.3 is 5.43 Å². The highest BCUT2D eigenvalue weighted by Gasteiger charge is 2.03. The summed E-state index contributed by atoms with van der Waals surface area (Å²) in [5, 5.41) is 0. The van der Waals surface area contributed by atoms with Gasteiger partial charge in [-0.15, -0.1) is 11.3 Å². The lowest BCUT2D eigenvalue weighted by Gasteiger charge is -1.99. The smallest absolute Gasteiger partial charge is 0.152 e. The minimum Gasteiger partial charge on any atom is -0.308 e. The molecule has 1 heterocycles. The lowest BCUT2D eigenvalue weighted by molar-refractivity contribution is 1.02. The topological polar surface area (TPSA) is 50.4 Å². The minimum absolute atomic E-state index is 0.750. The molecule has 0 fully saturated rings. The first-order valence-electron chi connectivity index (χ1n) is 3.84. The van der Waals surface area contributed by atoms with Gasteiger partial charge in [0, 0.05) is 11.9 Å². The maximum atomic E-state index is 5.29. The van der Waals surface area contributed by atoms with Gasteiger partial charge in [-0.25, -0.2) is 5.84 Å². The van der Waals surface area contributed by atoms with Crippen molar-refractivity contribution < 1.29 is 0 Å². The van der Waals surface area contributed by atoms with E-state index < -0.39 is 0 Å². The number of aliphatic imine (C=N–C) groups is 1. The Morgan fingerprint density at radius 3 is 2.83 bits per heavy atom. The summed E-state index contributed by atoms with van der Waals surface area (Å²) in [6.07, 6.45) is 1.06. The average Bonchev–Trinajstić information content (AvgIpc) is 2.55. The number of rotatable bonds is 2. The number of nitrogens with zero attached hydrogens (tertiary/aromatic N) is 1. The van der Waals surface area contributed by atoms with Gasteiger partial charge in [0.2, 0.25) is 0 Å². The Morgan fingerprint density at radius 1 is 1.67 bits per heavy atom. The van der Waals surface area contributed by atoms with E-state index in [1.165, 1.54) is 4.88 Å². The van der Waals surface area contributed by atoms with Gasteiger partial charge in [-0.2, -0.15) is 0 Å². The molecule has 0 saturated heterocycles. The Balaban J connectivity index is 2.87. The van der Waals surface area contributed by atoms with Crippen molar-refractivity contribution in [2.75, 3.05) is 7.05 Å². The van der Waals surface area contributed by atoms with Gasteiger partial charge in [-0.1, -0.05) is 6.92 Å². The molecule has 3 N–H and O–H groups in total. The zero-order chi connectivity index (χ0) is 8.97. The third kappa shape index (κ3) is 1.84. The molecule has 1 aromatic heterocycles. The molecule has 0 aliphatic heterocycles. The Morgan fingerprint density at radius 2 is 2.42 bits per heavy atom. The summed E-state index contributed by atoms with van der Waals surface area (Å²) in [5.41, 5.74) is 2.57. The van der Waals surface area contributed by atoms with Crippen molar-refractivity contribution in [3.63, 3.8) is 0 Å². The van der Waals surface area contributed by atoms with Crippen molar-refractivity contribution in [1.29, 1.82) is 0 Å². The van der Waals surface area contributed by atoms with Gasteiger partial charge in [0.1, 0.15) is 0 Å². The Kier molecular flexibility index (Phi) is 3.25. The van der Waals surface area contributed by atoms with Crippen molar-refractivity contribution in [3.05, 3.63) is 21.9 Å². The molecule has 0 saturated carbocycles. The molecular formula is C8H13N3S. The fraction of sp³-hybridized carbons (Fsp3) is 0.375. The first-order valence-corrected chi connectivity index (χ1v) is 4.66. The van der Waals surface area contributed by atoms with Gasteiger partial charge in [0.25, 0.3) is 0 Å². The molecule has 0 atom stereocenters. The van der Waals surface area contributed by atoms with Gasteiger partial charge >= 0.3 is 0 Å². The molecule has 66 valence electrons. The molecule has 0 radical (unpaired) electrons. The van der Waals surface area contributed by atoms with Crippen molar-refractivity contribution >= 4 is 17.2 Å². The minimum atomic E-state index is 0.750. The number of thiophene rings is 1. The summed E-state index contributed by atoms with van der Waals surface area (Å²) in [7, 11) is 1.72. The van der Waals surface area contributed by atoms with Gasteiger partial charge in [0.05, 0.1) is 4.88 Å². The lowest BCUT2D eigenvalue weighted by Crippen LogP contribution is -2.30. The van der Waals surface area contributed by atoms with E-state index in [2.05, 4.69) is 23.4 Å². The number of hydrogen-bond donors (Lipinski definition) is 2. The van der Waals surface area contributed by atoms with Crippen molar-refractivity contribution in [2.24, 2.45) is 10.8 Å². The highest BCUT2D eigenvalue weighted by Crippen LogP contribution is 2.16. The molecule has 4 heteroatoms. The Hall–Kier alpha value is -0.870. The van der Waals surface area contributed by atoms with E-state index >= 15 is 0 Å². The molecule has 0 unspecified atom stereocenters.